The van der Waals surface area contributed by atoms with E-state index in [1.54, 1.807) is 52.7 Å². The molecule has 2 heterocycles. The Morgan fingerprint density at radius 3 is 2.67 bits per heavy atom. The number of amides is 2. The summed E-state index contributed by atoms with van der Waals surface area (Å²) in [4.78, 5) is 35.1. The Bertz CT molecular complexity index is 1450. The number of rotatable bonds is 11. The molecular formula is C30H42N8O4. The van der Waals surface area contributed by atoms with Gasteiger partial charge >= 0.3 is 6.09 Å². The van der Waals surface area contributed by atoms with E-state index >= 15 is 0 Å². The number of hydrogen-bond donors (Lipinski definition) is 3. The first-order chi connectivity index (χ1) is 19.9. The van der Waals surface area contributed by atoms with Crippen molar-refractivity contribution in [3.63, 3.8) is 0 Å². The summed E-state index contributed by atoms with van der Waals surface area (Å²) in [7, 11) is 5.02. The number of hydrogen-bond acceptors (Lipinski definition) is 9. The molecule has 1 atom stereocenters. The largest absolute Gasteiger partial charge is 0.479 e. The number of aromatic nitrogens is 4. The van der Waals surface area contributed by atoms with Crippen LogP contribution in [-0.4, -0.2) is 75.5 Å². The lowest BCUT2D eigenvalue weighted by atomic mass is 10.2. The number of carbonyl (C=O) groups excluding carboxylic acids is 2. The SMILES string of the molecule is CCCNc1nc(Nc2ccc3c(OC)nn(C)c3c2)ncc1C#CCCCNC(=O)[C@H](C)N(C)C(=O)OC(C)(C)C. The number of nitrogens with one attached hydrogen (secondary N) is 3. The first kappa shape index (κ1) is 32.0. The number of fused-ring (bicyclic) bond motifs is 1. The Balaban J connectivity index is 1.57. The summed E-state index contributed by atoms with van der Waals surface area (Å²) in [5.74, 6) is 7.71. The standard InChI is InChI=1S/C30H42N8O4/c1-9-16-31-25-21(13-11-10-12-17-32-26(39)20(2)37(6)29(40)42-30(3,4)5)19-33-28(35-25)34-22-14-15-23-24(18-22)38(7)36-27(23)41-8/h14-15,18-20H,9-10,12,16-17H2,1-8H3,(H,32,39)(H2,31,33,34,35)/t20-/m0/s1. The summed E-state index contributed by atoms with van der Waals surface area (Å²) in [6, 6.07) is 5.19. The van der Waals surface area contributed by atoms with Crippen LogP contribution in [0.15, 0.2) is 24.4 Å². The Morgan fingerprint density at radius 2 is 1.98 bits per heavy atom. The van der Waals surface area contributed by atoms with Crippen molar-refractivity contribution in [2.45, 2.75) is 65.5 Å². The predicted octanol–water partition coefficient (Wildman–Crippen LogP) is 4.44. The molecule has 0 unspecified atom stereocenters. The molecule has 42 heavy (non-hydrogen) atoms. The van der Waals surface area contributed by atoms with Crippen molar-refractivity contribution < 1.29 is 19.1 Å². The molecule has 0 saturated heterocycles. The molecule has 0 spiro atoms. The zero-order chi connectivity index (χ0) is 30.9. The number of benzene rings is 1. The predicted molar refractivity (Wildman–Crippen MR) is 164 cm³/mol. The van der Waals surface area contributed by atoms with Crippen LogP contribution in [0.2, 0.25) is 0 Å². The van der Waals surface area contributed by atoms with E-state index < -0.39 is 17.7 Å². The van der Waals surface area contributed by atoms with Crippen LogP contribution in [0.5, 0.6) is 5.88 Å². The van der Waals surface area contributed by atoms with E-state index in [4.69, 9.17) is 9.47 Å². The van der Waals surface area contributed by atoms with Gasteiger partial charge in [0.1, 0.15) is 17.5 Å². The zero-order valence-electron chi connectivity index (χ0n) is 25.8. The Labute approximate surface area is 247 Å². The molecule has 0 aliphatic carbocycles. The van der Waals surface area contributed by atoms with Gasteiger partial charge in [0.05, 0.1) is 29.8 Å². The highest BCUT2D eigenvalue weighted by Gasteiger charge is 2.26. The highest BCUT2D eigenvalue weighted by Crippen LogP contribution is 2.28. The van der Waals surface area contributed by atoms with Crippen LogP contribution in [0.4, 0.5) is 22.2 Å². The van der Waals surface area contributed by atoms with Crippen molar-refractivity contribution in [3.8, 4) is 17.7 Å². The number of carbonyl (C=O) groups is 2. The zero-order valence-corrected chi connectivity index (χ0v) is 25.8. The molecule has 3 aromatic rings. The van der Waals surface area contributed by atoms with E-state index in [1.165, 1.54) is 4.90 Å². The second kappa shape index (κ2) is 14.4. The highest BCUT2D eigenvalue weighted by molar-refractivity contribution is 5.88. The minimum absolute atomic E-state index is 0.250. The van der Waals surface area contributed by atoms with Crippen LogP contribution in [0.1, 0.15) is 59.4 Å². The molecular weight excluding hydrogens is 536 g/mol. The Hall–Kier alpha value is -4.53. The fourth-order valence-corrected chi connectivity index (χ4v) is 3.86. The van der Waals surface area contributed by atoms with E-state index in [-0.39, 0.29) is 5.91 Å². The van der Waals surface area contributed by atoms with Crippen molar-refractivity contribution in [2.75, 3.05) is 37.9 Å². The maximum Gasteiger partial charge on any atom is 0.410 e. The molecule has 3 rings (SSSR count). The van der Waals surface area contributed by atoms with E-state index in [0.717, 1.165) is 29.6 Å². The molecule has 12 heteroatoms. The van der Waals surface area contributed by atoms with Crippen molar-refractivity contribution in [1.29, 1.82) is 0 Å². The molecule has 12 nitrogen and oxygen atoms in total. The number of unbranched alkanes of at least 4 members (excludes halogenated alkanes) is 1. The summed E-state index contributed by atoms with van der Waals surface area (Å²) in [5, 5.41) is 14.7. The monoisotopic (exact) mass is 578 g/mol. The normalized spacial score (nSPS) is 11.7. The summed E-state index contributed by atoms with van der Waals surface area (Å²) >= 11 is 0. The number of aryl methyl sites for hydroxylation is 1. The van der Waals surface area contributed by atoms with Crippen LogP contribution in [0.25, 0.3) is 10.9 Å². The molecule has 3 N–H and O–H groups in total. The number of likely N-dealkylation sites (N-methyl/N-ethyl adjacent to an activating group) is 1. The van der Waals surface area contributed by atoms with E-state index in [1.807, 2.05) is 25.2 Å². The van der Waals surface area contributed by atoms with Crippen LogP contribution < -0.4 is 20.7 Å². The second-order valence-electron chi connectivity index (χ2n) is 10.8. The summed E-state index contributed by atoms with van der Waals surface area (Å²) in [6.45, 7) is 10.3. The fourth-order valence-electron chi connectivity index (χ4n) is 3.86. The van der Waals surface area contributed by atoms with Gasteiger partial charge < -0.3 is 25.4 Å². The van der Waals surface area contributed by atoms with Gasteiger partial charge in [-0.1, -0.05) is 18.8 Å². The third-order valence-electron chi connectivity index (χ3n) is 6.24. The third kappa shape index (κ3) is 8.73. The van der Waals surface area contributed by atoms with E-state index in [2.05, 4.69) is 49.8 Å². The molecule has 226 valence electrons. The lowest BCUT2D eigenvalue weighted by Gasteiger charge is -2.28. The van der Waals surface area contributed by atoms with Crippen LogP contribution in [0, 0.1) is 11.8 Å². The smallest absolute Gasteiger partial charge is 0.410 e. The summed E-state index contributed by atoms with van der Waals surface area (Å²) < 4.78 is 12.4. The van der Waals surface area contributed by atoms with Crippen LogP contribution >= 0.6 is 0 Å². The van der Waals surface area contributed by atoms with Gasteiger partial charge in [-0.15, -0.1) is 5.10 Å². The van der Waals surface area contributed by atoms with Crippen LogP contribution in [0.3, 0.4) is 0 Å². The molecule has 0 bridgehead atoms. The van der Waals surface area contributed by atoms with E-state index in [0.29, 0.717) is 42.6 Å². The maximum atomic E-state index is 12.5. The first-order valence-electron chi connectivity index (χ1n) is 14.0. The van der Waals surface area contributed by atoms with Gasteiger partial charge in [0, 0.05) is 39.3 Å². The quantitative estimate of drug-likeness (QED) is 0.223. The van der Waals surface area contributed by atoms with Crippen molar-refractivity contribution in [3.05, 3.63) is 30.0 Å². The summed E-state index contributed by atoms with van der Waals surface area (Å²) in [5.41, 5.74) is 1.81. The topological polar surface area (TPSA) is 136 Å². The average Bonchev–Trinajstić information content (AvgIpc) is 3.27. The van der Waals surface area contributed by atoms with Gasteiger partial charge in [0.2, 0.25) is 17.7 Å². The second-order valence-corrected chi connectivity index (χ2v) is 10.8. The van der Waals surface area contributed by atoms with Gasteiger partial charge in [0.25, 0.3) is 0 Å². The number of anilines is 3. The lowest BCUT2D eigenvalue weighted by Crippen LogP contribution is -2.47. The molecule has 0 aliphatic heterocycles. The fraction of sp³-hybridized carbons (Fsp3) is 0.500. The molecule has 0 radical (unpaired) electrons. The molecule has 1 aromatic carbocycles. The van der Waals surface area contributed by atoms with Crippen LogP contribution in [-0.2, 0) is 16.6 Å². The number of nitrogens with zero attached hydrogens (tertiary/aromatic N) is 5. The highest BCUT2D eigenvalue weighted by atomic mass is 16.6. The van der Waals surface area contributed by atoms with Gasteiger partial charge in [0.15, 0.2) is 0 Å². The van der Waals surface area contributed by atoms with Gasteiger partial charge in [-0.25, -0.2) is 9.78 Å². The Kier molecular flexibility index (Phi) is 11.0. The Morgan fingerprint density at radius 1 is 1.21 bits per heavy atom. The number of ether oxygens (including phenoxy) is 2. The van der Waals surface area contributed by atoms with Crippen molar-refractivity contribution in [1.82, 2.24) is 30.0 Å². The van der Waals surface area contributed by atoms with Crippen molar-refractivity contribution >= 4 is 40.4 Å². The number of methoxy groups -OCH3 is 1. The summed E-state index contributed by atoms with van der Waals surface area (Å²) in [6.07, 6.45) is 3.31. The minimum Gasteiger partial charge on any atom is -0.479 e. The van der Waals surface area contributed by atoms with Gasteiger partial charge in [-0.3, -0.25) is 14.4 Å². The lowest BCUT2D eigenvalue weighted by molar-refractivity contribution is -0.125. The van der Waals surface area contributed by atoms with Crippen molar-refractivity contribution in [2.24, 2.45) is 7.05 Å². The third-order valence-corrected chi connectivity index (χ3v) is 6.24. The van der Waals surface area contributed by atoms with Gasteiger partial charge in [-0.05, 0) is 58.7 Å². The maximum absolute atomic E-state index is 12.5. The molecule has 2 amide bonds. The van der Waals surface area contributed by atoms with Gasteiger partial charge in [-0.2, -0.15) is 4.98 Å². The van der Waals surface area contributed by atoms with E-state index in [9.17, 15) is 9.59 Å². The molecule has 0 saturated carbocycles. The minimum atomic E-state index is -0.656. The average molecular weight is 579 g/mol. The molecule has 0 fully saturated rings. The molecule has 2 aromatic heterocycles. The molecule has 0 aliphatic rings. The first-order valence-corrected chi connectivity index (χ1v) is 14.0.